The number of halogens is 2. The Hall–Kier alpha value is -1.68. The Bertz CT molecular complexity index is 537. The van der Waals surface area contributed by atoms with Gasteiger partial charge < -0.3 is 0 Å². The van der Waals surface area contributed by atoms with E-state index in [0.29, 0.717) is 0 Å². The molecule has 1 N–H and O–H groups in total. The molecule has 0 fully saturated rings. The Morgan fingerprint density at radius 2 is 2.06 bits per heavy atom. The van der Waals surface area contributed by atoms with Gasteiger partial charge in [0.15, 0.2) is 16.9 Å². The molecular formula is C9H8F2N2O2S. The summed E-state index contributed by atoms with van der Waals surface area (Å²) in [6, 6.07) is 4.58. The zero-order chi connectivity index (χ0) is 12.3. The molecule has 16 heavy (non-hydrogen) atoms. The Labute approximate surface area is 91.6 Å². The molecule has 0 aliphatic rings. The molecule has 1 unspecified atom stereocenters. The zero-order valence-electron chi connectivity index (χ0n) is 8.24. The van der Waals surface area contributed by atoms with Crippen LogP contribution in [-0.2, 0) is 10.0 Å². The predicted molar refractivity (Wildman–Crippen MR) is 54.0 cm³/mol. The summed E-state index contributed by atoms with van der Waals surface area (Å²) in [5.74, 6) is -2.46. The van der Waals surface area contributed by atoms with Gasteiger partial charge in [0, 0.05) is 0 Å². The van der Waals surface area contributed by atoms with Crippen LogP contribution in [0, 0.1) is 23.0 Å². The summed E-state index contributed by atoms with van der Waals surface area (Å²) in [6.45, 7) is 1.14. The molecule has 7 heteroatoms. The van der Waals surface area contributed by atoms with Gasteiger partial charge in [-0.2, -0.15) is 5.26 Å². The lowest BCUT2D eigenvalue weighted by molar-refractivity contribution is 0.511. The Morgan fingerprint density at radius 3 is 2.62 bits per heavy atom. The zero-order valence-corrected chi connectivity index (χ0v) is 9.05. The molecule has 0 saturated carbocycles. The third-order valence-electron chi connectivity index (χ3n) is 1.85. The van der Waals surface area contributed by atoms with Crippen LogP contribution in [0.3, 0.4) is 0 Å². The molecule has 1 atom stereocenters. The molecule has 1 aromatic carbocycles. The molecule has 0 heterocycles. The van der Waals surface area contributed by atoms with Crippen LogP contribution in [0.5, 0.6) is 0 Å². The van der Waals surface area contributed by atoms with Crippen molar-refractivity contribution >= 4 is 15.7 Å². The predicted octanol–water partition coefficient (Wildman–Crippen LogP) is 1.62. The minimum absolute atomic E-state index is 0.512. The van der Waals surface area contributed by atoms with Gasteiger partial charge in [0.1, 0.15) is 0 Å². The SMILES string of the molecule is CC(C#N)S(=O)(=O)Nc1cccc(F)c1F. The third kappa shape index (κ3) is 2.46. The molecule has 0 aromatic heterocycles. The number of nitrogens with zero attached hydrogens (tertiary/aromatic N) is 1. The van der Waals surface area contributed by atoms with Crippen LogP contribution in [0.25, 0.3) is 0 Å². The maximum atomic E-state index is 13.1. The van der Waals surface area contributed by atoms with Gasteiger partial charge in [0.25, 0.3) is 0 Å². The lowest BCUT2D eigenvalue weighted by Crippen LogP contribution is -2.24. The number of hydrogen-bond donors (Lipinski definition) is 1. The van der Waals surface area contributed by atoms with Crippen LogP contribution >= 0.6 is 0 Å². The molecule has 0 amide bonds. The Morgan fingerprint density at radius 1 is 1.44 bits per heavy atom. The highest BCUT2D eigenvalue weighted by Crippen LogP contribution is 2.18. The van der Waals surface area contributed by atoms with E-state index in [1.165, 1.54) is 6.07 Å². The summed E-state index contributed by atoms with van der Waals surface area (Å²) in [5, 5.41) is 7.08. The van der Waals surface area contributed by atoms with Gasteiger partial charge in [-0.3, -0.25) is 4.72 Å². The largest absolute Gasteiger partial charge is 0.279 e. The van der Waals surface area contributed by atoms with E-state index >= 15 is 0 Å². The average molecular weight is 246 g/mol. The molecule has 0 saturated heterocycles. The number of benzene rings is 1. The first-order valence-corrected chi connectivity index (χ1v) is 5.78. The van der Waals surface area contributed by atoms with Gasteiger partial charge in [-0.15, -0.1) is 0 Å². The number of anilines is 1. The smallest absolute Gasteiger partial charge is 0.248 e. The molecular weight excluding hydrogens is 238 g/mol. The first-order valence-electron chi connectivity index (χ1n) is 4.23. The summed E-state index contributed by atoms with van der Waals surface area (Å²) < 4.78 is 50.4. The minimum atomic E-state index is -4.02. The molecule has 0 radical (unpaired) electrons. The number of hydrogen-bond acceptors (Lipinski definition) is 3. The van der Waals surface area contributed by atoms with E-state index < -0.39 is 32.6 Å². The highest BCUT2D eigenvalue weighted by atomic mass is 32.2. The van der Waals surface area contributed by atoms with Crippen molar-refractivity contribution in [3.8, 4) is 6.07 Å². The van der Waals surface area contributed by atoms with Gasteiger partial charge in [0.05, 0.1) is 11.8 Å². The fourth-order valence-electron chi connectivity index (χ4n) is 0.894. The molecule has 4 nitrogen and oxygen atoms in total. The monoisotopic (exact) mass is 246 g/mol. The lowest BCUT2D eigenvalue weighted by atomic mass is 10.3. The second kappa shape index (κ2) is 4.45. The second-order valence-electron chi connectivity index (χ2n) is 3.02. The van der Waals surface area contributed by atoms with Gasteiger partial charge in [0.2, 0.25) is 10.0 Å². The van der Waals surface area contributed by atoms with E-state index in [1.54, 1.807) is 0 Å². The van der Waals surface area contributed by atoms with Crippen LogP contribution in [0.1, 0.15) is 6.92 Å². The summed E-state index contributed by atoms with van der Waals surface area (Å²) in [6.07, 6.45) is 0. The van der Waals surface area contributed by atoms with Crippen LogP contribution in [0.2, 0.25) is 0 Å². The molecule has 0 aliphatic carbocycles. The standard InChI is InChI=1S/C9H8F2N2O2S/c1-6(5-12)16(14,15)13-8-4-2-3-7(10)9(8)11/h2-4,6,13H,1H3. The van der Waals surface area contributed by atoms with Crippen molar-refractivity contribution in [2.45, 2.75) is 12.2 Å². The number of sulfonamides is 1. The van der Waals surface area contributed by atoms with E-state index in [1.807, 2.05) is 4.72 Å². The van der Waals surface area contributed by atoms with Crippen LogP contribution in [0.4, 0.5) is 14.5 Å². The van der Waals surface area contributed by atoms with E-state index in [4.69, 9.17) is 5.26 Å². The van der Waals surface area contributed by atoms with E-state index in [0.717, 1.165) is 25.1 Å². The fourth-order valence-corrected chi connectivity index (χ4v) is 1.67. The second-order valence-corrected chi connectivity index (χ2v) is 5.02. The van der Waals surface area contributed by atoms with E-state index in [2.05, 4.69) is 0 Å². The minimum Gasteiger partial charge on any atom is -0.279 e. The van der Waals surface area contributed by atoms with Crippen molar-refractivity contribution in [3.63, 3.8) is 0 Å². The fraction of sp³-hybridized carbons (Fsp3) is 0.222. The van der Waals surface area contributed by atoms with Crippen molar-refractivity contribution in [2.24, 2.45) is 0 Å². The van der Waals surface area contributed by atoms with Crippen LogP contribution in [0.15, 0.2) is 18.2 Å². The summed E-state index contributed by atoms with van der Waals surface area (Å²) >= 11 is 0. The van der Waals surface area contributed by atoms with Crippen molar-refractivity contribution in [2.75, 3.05) is 4.72 Å². The number of nitriles is 1. The van der Waals surface area contributed by atoms with E-state index in [-0.39, 0.29) is 0 Å². The molecule has 0 spiro atoms. The third-order valence-corrected chi connectivity index (χ3v) is 3.39. The summed E-state index contributed by atoms with van der Waals surface area (Å²) in [7, 11) is -4.02. The van der Waals surface area contributed by atoms with Gasteiger partial charge in [-0.1, -0.05) is 6.07 Å². The molecule has 0 aliphatic heterocycles. The maximum absolute atomic E-state index is 13.1. The molecule has 1 rings (SSSR count). The first kappa shape index (κ1) is 12.4. The topological polar surface area (TPSA) is 70.0 Å². The van der Waals surface area contributed by atoms with Crippen molar-refractivity contribution in [3.05, 3.63) is 29.8 Å². The van der Waals surface area contributed by atoms with E-state index in [9.17, 15) is 17.2 Å². The first-order chi connectivity index (χ1) is 7.38. The Balaban J connectivity index is 3.08. The van der Waals surface area contributed by atoms with Gasteiger partial charge in [-0.25, -0.2) is 17.2 Å². The highest BCUT2D eigenvalue weighted by Gasteiger charge is 2.22. The lowest BCUT2D eigenvalue weighted by Gasteiger charge is -2.09. The number of rotatable bonds is 3. The highest BCUT2D eigenvalue weighted by molar-refractivity contribution is 7.93. The Kier molecular flexibility index (Phi) is 3.44. The normalized spacial score (nSPS) is 12.9. The number of nitrogens with one attached hydrogen (secondary N) is 1. The molecule has 86 valence electrons. The van der Waals surface area contributed by atoms with Crippen LogP contribution < -0.4 is 4.72 Å². The summed E-state index contributed by atoms with van der Waals surface area (Å²) in [4.78, 5) is 0. The van der Waals surface area contributed by atoms with Crippen molar-refractivity contribution < 1.29 is 17.2 Å². The average Bonchev–Trinajstić information content (AvgIpc) is 2.23. The van der Waals surface area contributed by atoms with Gasteiger partial charge >= 0.3 is 0 Å². The van der Waals surface area contributed by atoms with Crippen LogP contribution in [-0.4, -0.2) is 13.7 Å². The van der Waals surface area contributed by atoms with Crippen molar-refractivity contribution in [1.29, 1.82) is 5.26 Å². The maximum Gasteiger partial charge on any atom is 0.248 e. The molecule has 1 aromatic rings. The van der Waals surface area contributed by atoms with Crippen molar-refractivity contribution in [1.82, 2.24) is 0 Å². The quantitative estimate of drug-likeness (QED) is 0.880. The van der Waals surface area contributed by atoms with Gasteiger partial charge in [-0.05, 0) is 19.1 Å². The molecule has 0 bridgehead atoms. The summed E-state index contributed by atoms with van der Waals surface area (Å²) in [5.41, 5.74) is -0.512.